The Morgan fingerprint density at radius 3 is 2.71 bits per heavy atom. The molecule has 1 heterocycles. The standard InChI is InChI=1S/C11H13N3/c1-3-9-6-4-5-7-10(9)11-12-8-14(2)13-11/h4-8H,3H2,1-2H3. The first-order valence-corrected chi connectivity index (χ1v) is 4.75. The Morgan fingerprint density at radius 2 is 2.07 bits per heavy atom. The zero-order valence-electron chi connectivity index (χ0n) is 8.44. The average molecular weight is 187 g/mol. The van der Waals surface area contributed by atoms with E-state index in [4.69, 9.17) is 0 Å². The number of aromatic nitrogens is 3. The molecule has 72 valence electrons. The van der Waals surface area contributed by atoms with E-state index in [-0.39, 0.29) is 0 Å². The fraction of sp³-hybridized carbons (Fsp3) is 0.273. The van der Waals surface area contributed by atoms with Gasteiger partial charge in [-0.1, -0.05) is 31.2 Å². The Kier molecular flexibility index (Phi) is 2.31. The van der Waals surface area contributed by atoms with Crippen LogP contribution in [0.3, 0.4) is 0 Å². The SMILES string of the molecule is CCc1ccccc1-c1ncn(C)n1. The van der Waals surface area contributed by atoms with Crippen LogP contribution in [-0.4, -0.2) is 14.8 Å². The summed E-state index contributed by atoms with van der Waals surface area (Å²) in [7, 11) is 1.88. The Bertz CT molecular complexity index is 432. The lowest BCUT2D eigenvalue weighted by Gasteiger charge is -2.02. The first-order valence-electron chi connectivity index (χ1n) is 4.75. The van der Waals surface area contributed by atoms with Crippen molar-refractivity contribution < 1.29 is 0 Å². The van der Waals surface area contributed by atoms with Crippen LogP contribution in [0.2, 0.25) is 0 Å². The van der Waals surface area contributed by atoms with Gasteiger partial charge in [-0.05, 0) is 12.0 Å². The molecule has 2 aromatic rings. The fourth-order valence-electron chi connectivity index (χ4n) is 1.51. The quantitative estimate of drug-likeness (QED) is 0.720. The molecule has 0 aliphatic rings. The Balaban J connectivity index is 2.50. The van der Waals surface area contributed by atoms with Crippen LogP contribution >= 0.6 is 0 Å². The van der Waals surface area contributed by atoms with Crippen molar-refractivity contribution in [1.82, 2.24) is 14.8 Å². The van der Waals surface area contributed by atoms with Crippen LogP contribution in [0.15, 0.2) is 30.6 Å². The second-order valence-electron chi connectivity index (χ2n) is 3.25. The normalized spacial score (nSPS) is 10.4. The van der Waals surface area contributed by atoms with Gasteiger partial charge in [0.2, 0.25) is 0 Å². The Hall–Kier alpha value is -1.64. The van der Waals surface area contributed by atoms with Crippen molar-refractivity contribution in [3.8, 4) is 11.4 Å². The largest absolute Gasteiger partial charge is 0.255 e. The minimum atomic E-state index is 0.810. The molecule has 0 saturated heterocycles. The average Bonchev–Trinajstić information content (AvgIpc) is 2.65. The molecule has 1 aromatic carbocycles. The lowest BCUT2D eigenvalue weighted by atomic mass is 10.1. The molecule has 0 saturated carbocycles. The molecule has 3 heteroatoms. The summed E-state index contributed by atoms with van der Waals surface area (Å²) >= 11 is 0. The van der Waals surface area contributed by atoms with E-state index in [1.165, 1.54) is 5.56 Å². The van der Waals surface area contributed by atoms with E-state index < -0.39 is 0 Å². The maximum atomic E-state index is 4.30. The highest BCUT2D eigenvalue weighted by molar-refractivity contribution is 5.59. The molecule has 2 rings (SSSR count). The second-order valence-corrected chi connectivity index (χ2v) is 3.25. The molecule has 0 amide bonds. The van der Waals surface area contributed by atoms with E-state index in [2.05, 4.69) is 29.1 Å². The molecule has 0 atom stereocenters. The second kappa shape index (κ2) is 3.62. The first-order chi connectivity index (χ1) is 6.81. The van der Waals surface area contributed by atoms with Gasteiger partial charge in [0.25, 0.3) is 0 Å². The first kappa shape index (κ1) is 8.94. The lowest BCUT2D eigenvalue weighted by Crippen LogP contribution is -1.91. The lowest BCUT2D eigenvalue weighted by molar-refractivity contribution is 0.768. The fourth-order valence-corrected chi connectivity index (χ4v) is 1.51. The van der Waals surface area contributed by atoms with Crippen LogP contribution in [0.5, 0.6) is 0 Å². The van der Waals surface area contributed by atoms with Crippen molar-refractivity contribution in [2.45, 2.75) is 13.3 Å². The van der Waals surface area contributed by atoms with E-state index in [9.17, 15) is 0 Å². The van der Waals surface area contributed by atoms with Crippen LogP contribution in [0.25, 0.3) is 11.4 Å². The maximum Gasteiger partial charge on any atom is 0.181 e. The summed E-state index contributed by atoms with van der Waals surface area (Å²) in [5.74, 6) is 0.810. The predicted molar refractivity (Wildman–Crippen MR) is 55.8 cm³/mol. The predicted octanol–water partition coefficient (Wildman–Crippen LogP) is 2.04. The summed E-state index contributed by atoms with van der Waals surface area (Å²) in [4.78, 5) is 4.25. The van der Waals surface area contributed by atoms with Crippen LogP contribution < -0.4 is 0 Å². The van der Waals surface area contributed by atoms with Gasteiger partial charge >= 0.3 is 0 Å². The molecule has 0 N–H and O–H groups in total. The van der Waals surface area contributed by atoms with Crippen molar-refractivity contribution >= 4 is 0 Å². The van der Waals surface area contributed by atoms with Gasteiger partial charge in [-0.15, -0.1) is 0 Å². The van der Waals surface area contributed by atoms with Gasteiger partial charge in [-0.2, -0.15) is 5.10 Å². The third-order valence-electron chi connectivity index (χ3n) is 2.24. The molecular formula is C11H13N3. The molecule has 3 nitrogen and oxygen atoms in total. The third kappa shape index (κ3) is 1.53. The summed E-state index contributed by atoms with van der Waals surface area (Å²) in [6, 6.07) is 8.25. The molecule has 0 unspecified atom stereocenters. The van der Waals surface area contributed by atoms with Crippen LogP contribution in [0.1, 0.15) is 12.5 Å². The molecule has 0 aliphatic heterocycles. The molecule has 0 aliphatic carbocycles. The molecular weight excluding hydrogens is 174 g/mol. The topological polar surface area (TPSA) is 30.7 Å². The van der Waals surface area contributed by atoms with Crippen molar-refractivity contribution in [3.05, 3.63) is 36.2 Å². The molecule has 0 radical (unpaired) electrons. The monoisotopic (exact) mass is 187 g/mol. The van der Waals surface area contributed by atoms with E-state index in [1.54, 1.807) is 11.0 Å². The Morgan fingerprint density at radius 1 is 1.29 bits per heavy atom. The summed E-state index contributed by atoms with van der Waals surface area (Å²) in [6.45, 7) is 2.14. The highest BCUT2D eigenvalue weighted by Gasteiger charge is 2.06. The van der Waals surface area contributed by atoms with Crippen LogP contribution in [-0.2, 0) is 13.5 Å². The maximum absolute atomic E-state index is 4.30. The number of aryl methyl sites for hydroxylation is 2. The van der Waals surface area contributed by atoms with Gasteiger partial charge in [-0.25, -0.2) is 4.98 Å². The van der Waals surface area contributed by atoms with Gasteiger partial charge < -0.3 is 0 Å². The molecule has 0 bridgehead atoms. The van der Waals surface area contributed by atoms with Gasteiger partial charge in [-0.3, -0.25) is 4.68 Å². The highest BCUT2D eigenvalue weighted by atomic mass is 15.3. The summed E-state index contributed by atoms with van der Waals surface area (Å²) in [5.41, 5.74) is 2.43. The highest BCUT2D eigenvalue weighted by Crippen LogP contribution is 2.19. The molecule has 1 aromatic heterocycles. The van der Waals surface area contributed by atoms with Crippen molar-refractivity contribution in [2.75, 3.05) is 0 Å². The number of rotatable bonds is 2. The molecule has 0 fully saturated rings. The zero-order valence-corrected chi connectivity index (χ0v) is 8.44. The van der Waals surface area contributed by atoms with E-state index in [0.29, 0.717) is 0 Å². The van der Waals surface area contributed by atoms with E-state index >= 15 is 0 Å². The summed E-state index contributed by atoms with van der Waals surface area (Å²) < 4.78 is 1.72. The number of hydrogen-bond donors (Lipinski definition) is 0. The smallest absolute Gasteiger partial charge is 0.181 e. The Labute approximate surface area is 83.4 Å². The van der Waals surface area contributed by atoms with Crippen LogP contribution in [0, 0.1) is 0 Å². The van der Waals surface area contributed by atoms with E-state index in [1.807, 2.05) is 19.2 Å². The van der Waals surface area contributed by atoms with Gasteiger partial charge in [0.1, 0.15) is 6.33 Å². The van der Waals surface area contributed by atoms with E-state index in [0.717, 1.165) is 17.8 Å². The van der Waals surface area contributed by atoms with Gasteiger partial charge in [0.15, 0.2) is 5.82 Å². The summed E-state index contributed by atoms with van der Waals surface area (Å²) in [5, 5.41) is 4.30. The third-order valence-corrected chi connectivity index (χ3v) is 2.24. The minimum absolute atomic E-state index is 0.810. The van der Waals surface area contributed by atoms with Gasteiger partial charge in [0.05, 0.1) is 0 Å². The minimum Gasteiger partial charge on any atom is -0.255 e. The van der Waals surface area contributed by atoms with Crippen molar-refractivity contribution in [2.24, 2.45) is 7.05 Å². The molecule has 0 spiro atoms. The zero-order chi connectivity index (χ0) is 9.97. The van der Waals surface area contributed by atoms with Crippen molar-refractivity contribution in [1.29, 1.82) is 0 Å². The molecule has 14 heavy (non-hydrogen) atoms. The summed E-state index contributed by atoms with van der Waals surface area (Å²) in [6.07, 6.45) is 2.73. The van der Waals surface area contributed by atoms with Gasteiger partial charge in [0, 0.05) is 12.6 Å². The number of benzene rings is 1. The number of nitrogens with zero attached hydrogens (tertiary/aromatic N) is 3. The van der Waals surface area contributed by atoms with Crippen molar-refractivity contribution in [3.63, 3.8) is 0 Å². The number of hydrogen-bond acceptors (Lipinski definition) is 2. The van der Waals surface area contributed by atoms with Crippen LogP contribution in [0.4, 0.5) is 0 Å².